The van der Waals surface area contributed by atoms with Gasteiger partial charge in [-0.3, -0.25) is 4.79 Å². The molecule has 1 aliphatic rings. The lowest BCUT2D eigenvalue weighted by Gasteiger charge is -2.34. The highest BCUT2D eigenvalue weighted by Crippen LogP contribution is 2.14. The molecule has 0 atom stereocenters. The summed E-state index contributed by atoms with van der Waals surface area (Å²) < 4.78 is 0. The number of carbonyl (C=O) groups excluding carboxylic acids is 1. The molecule has 1 heterocycles. The Bertz CT molecular complexity index is 434. The van der Waals surface area contributed by atoms with E-state index >= 15 is 0 Å². The Labute approximate surface area is 109 Å². The van der Waals surface area contributed by atoms with E-state index in [-0.39, 0.29) is 5.91 Å². The SMILES string of the molecule is CCN1CCN(C(=O)c2cc(C)ccc2C)CC1. The maximum Gasteiger partial charge on any atom is 0.254 e. The summed E-state index contributed by atoms with van der Waals surface area (Å²) in [5, 5.41) is 0. The molecule has 1 saturated heterocycles. The maximum absolute atomic E-state index is 12.5. The van der Waals surface area contributed by atoms with E-state index in [1.54, 1.807) is 0 Å². The first-order valence-corrected chi connectivity index (χ1v) is 6.70. The number of hydrogen-bond donors (Lipinski definition) is 0. The van der Waals surface area contributed by atoms with Gasteiger partial charge in [-0.25, -0.2) is 0 Å². The van der Waals surface area contributed by atoms with Gasteiger partial charge in [-0.1, -0.05) is 24.6 Å². The molecule has 0 unspecified atom stereocenters. The fourth-order valence-electron chi connectivity index (χ4n) is 2.40. The van der Waals surface area contributed by atoms with Crippen molar-refractivity contribution < 1.29 is 4.79 Å². The average molecular weight is 246 g/mol. The van der Waals surface area contributed by atoms with Crippen LogP contribution >= 0.6 is 0 Å². The lowest BCUT2D eigenvalue weighted by Crippen LogP contribution is -2.48. The monoisotopic (exact) mass is 246 g/mol. The Kier molecular flexibility index (Phi) is 4.02. The Hall–Kier alpha value is -1.35. The van der Waals surface area contributed by atoms with Gasteiger partial charge in [0.2, 0.25) is 0 Å². The number of rotatable bonds is 2. The molecular weight excluding hydrogens is 224 g/mol. The van der Waals surface area contributed by atoms with Gasteiger partial charge in [0, 0.05) is 31.7 Å². The summed E-state index contributed by atoms with van der Waals surface area (Å²) >= 11 is 0. The van der Waals surface area contributed by atoms with E-state index < -0.39 is 0 Å². The first-order chi connectivity index (χ1) is 8.61. The summed E-state index contributed by atoms with van der Waals surface area (Å²) in [6, 6.07) is 6.09. The zero-order chi connectivity index (χ0) is 13.1. The van der Waals surface area contributed by atoms with Crippen molar-refractivity contribution in [2.45, 2.75) is 20.8 Å². The fraction of sp³-hybridized carbons (Fsp3) is 0.533. The zero-order valence-corrected chi connectivity index (χ0v) is 11.6. The first-order valence-electron chi connectivity index (χ1n) is 6.70. The van der Waals surface area contributed by atoms with Crippen molar-refractivity contribution in [1.29, 1.82) is 0 Å². The topological polar surface area (TPSA) is 23.6 Å². The minimum atomic E-state index is 0.187. The molecule has 1 aromatic rings. The van der Waals surface area contributed by atoms with Crippen LogP contribution in [-0.4, -0.2) is 48.4 Å². The van der Waals surface area contributed by atoms with Crippen LogP contribution in [0.25, 0.3) is 0 Å². The van der Waals surface area contributed by atoms with E-state index in [9.17, 15) is 4.79 Å². The van der Waals surface area contributed by atoms with Gasteiger partial charge in [0.25, 0.3) is 5.91 Å². The molecule has 1 fully saturated rings. The van der Waals surface area contributed by atoms with Crippen LogP contribution in [0.3, 0.4) is 0 Å². The maximum atomic E-state index is 12.5. The second kappa shape index (κ2) is 5.53. The molecule has 2 rings (SSSR count). The van der Waals surface area contributed by atoms with E-state index in [2.05, 4.69) is 17.9 Å². The summed E-state index contributed by atoms with van der Waals surface area (Å²) in [4.78, 5) is 16.8. The Morgan fingerprint density at radius 3 is 2.44 bits per heavy atom. The summed E-state index contributed by atoms with van der Waals surface area (Å²) in [5.41, 5.74) is 3.08. The van der Waals surface area contributed by atoms with Gasteiger partial charge < -0.3 is 9.80 Å². The largest absolute Gasteiger partial charge is 0.336 e. The Balaban J connectivity index is 2.10. The minimum absolute atomic E-state index is 0.187. The number of aryl methyl sites for hydroxylation is 2. The van der Waals surface area contributed by atoms with Gasteiger partial charge in [-0.2, -0.15) is 0 Å². The van der Waals surface area contributed by atoms with Crippen molar-refractivity contribution in [1.82, 2.24) is 9.80 Å². The van der Waals surface area contributed by atoms with Crippen molar-refractivity contribution in [3.63, 3.8) is 0 Å². The van der Waals surface area contributed by atoms with Gasteiger partial charge in [0.1, 0.15) is 0 Å². The molecular formula is C15H22N2O. The van der Waals surface area contributed by atoms with Crippen molar-refractivity contribution in [3.8, 4) is 0 Å². The number of amides is 1. The second-order valence-corrected chi connectivity index (χ2v) is 5.04. The summed E-state index contributed by atoms with van der Waals surface area (Å²) in [7, 11) is 0. The number of carbonyl (C=O) groups is 1. The number of nitrogens with zero attached hydrogens (tertiary/aromatic N) is 2. The van der Waals surface area contributed by atoms with E-state index in [0.29, 0.717) is 0 Å². The molecule has 0 aliphatic carbocycles. The average Bonchev–Trinajstić information content (AvgIpc) is 2.41. The quantitative estimate of drug-likeness (QED) is 0.797. The predicted molar refractivity (Wildman–Crippen MR) is 73.9 cm³/mol. The smallest absolute Gasteiger partial charge is 0.254 e. The minimum Gasteiger partial charge on any atom is -0.336 e. The van der Waals surface area contributed by atoms with Crippen molar-refractivity contribution in [3.05, 3.63) is 34.9 Å². The number of benzene rings is 1. The van der Waals surface area contributed by atoms with Crippen LogP contribution in [-0.2, 0) is 0 Å². The van der Waals surface area contributed by atoms with E-state index in [0.717, 1.165) is 49.4 Å². The molecule has 0 spiro atoms. The molecule has 3 nitrogen and oxygen atoms in total. The predicted octanol–water partition coefficient (Wildman–Crippen LogP) is 2.08. The molecule has 98 valence electrons. The molecule has 0 bridgehead atoms. The van der Waals surface area contributed by atoms with Crippen LogP contribution in [0, 0.1) is 13.8 Å². The molecule has 1 amide bonds. The molecule has 0 aromatic heterocycles. The first kappa shape index (κ1) is 13.1. The molecule has 0 radical (unpaired) electrons. The summed E-state index contributed by atoms with van der Waals surface area (Å²) in [6.45, 7) is 11.0. The Morgan fingerprint density at radius 1 is 1.17 bits per heavy atom. The molecule has 1 aromatic carbocycles. The van der Waals surface area contributed by atoms with Crippen LogP contribution < -0.4 is 0 Å². The molecule has 18 heavy (non-hydrogen) atoms. The number of piperazine rings is 1. The lowest BCUT2D eigenvalue weighted by molar-refractivity contribution is 0.0642. The standard InChI is InChI=1S/C15H22N2O/c1-4-16-7-9-17(10-8-16)15(18)14-11-12(2)5-6-13(14)3/h5-6,11H,4,7-10H2,1-3H3. The van der Waals surface area contributed by atoms with Crippen LogP contribution in [0.1, 0.15) is 28.4 Å². The highest BCUT2D eigenvalue weighted by molar-refractivity contribution is 5.95. The van der Waals surface area contributed by atoms with Crippen molar-refractivity contribution in [2.75, 3.05) is 32.7 Å². The third-order valence-corrected chi connectivity index (χ3v) is 3.73. The summed E-state index contributed by atoms with van der Waals surface area (Å²) in [5.74, 6) is 0.187. The van der Waals surface area contributed by atoms with E-state index in [4.69, 9.17) is 0 Å². The summed E-state index contributed by atoms with van der Waals surface area (Å²) in [6.07, 6.45) is 0. The van der Waals surface area contributed by atoms with Crippen molar-refractivity contribution in [2.24, 2.45) is 0 Å². The normalized spacial score (nSPS) is 16.9. The van der Waals surface area contributed by atoms with Gasteiger partial charge in [0.15, 0.2) is 0 Å². The number of hydrogen-bond acceptors (Lipinski definition) is 2. The molecule has 0 N–H and O–H groups in total. The lowest BCUT2D eigenvalue weighted by atomic mass is 10.0. The van der Waals surface area contributed by atoms with Crippen LogP contribution in [0.15, 0.2) is 18.2 Å². The third kappa shape index (κ3) is 2.72. The second-order valence-electron chi connectivity index (χ2n) is 5.04. The Morgan fingerprint density at radius 2 is 1.83 bits per heavy atom. The van der Waals surface area contributed by atoms with Gasteiger partial charge in [0.05, 0.1) is 0 Å². The van der Waals surface area contributed by atoms with Gasteiger partial charge >= 0.3 is 0 Å². The molecule has 1 aliphatic heterocycles. The van der Waals surface area contributed by atoms with Crippen LogP contribution in [0.2, 0.25) is 0 Å². The van der Waals surface area contributed by atoms with E-state index in [1.165, 1.54) is 0 Å². The van der Waals surface area contributed by atoms with Crippen molar-refractivity contribution >= 4 is 5.91 Å². The zero-order valence-electron chi connectivity index (χ0n) is 11.6. The third-order valence-electron chi connectivity index (χ3n) is 3.73. The fourth-order valence-corrected chi connectivity index (χ4v) is 2.40. The van der Waals surface area contributed by atoms with E-state index in [1.807, 2.05) is 30.9 Å². The van der Waals surface area contributed by atoms with Crippen LogP contribution in [0.4, 0.5) is 0 Å². The highest BCUT2D eigenvalue weighted by Gasteiger charge is 2.22. The van der Waals surface area contributed by atoms with Gasteiger partial charge in [-0.15, -0.1) is 0 Å². The van der Waals surface area contributed by atoms with Gasteiger partial charge in [-0.05, 0) is 32.0 Å². The molecule has 0 saturated carbocycles. The highest BCUT2D eigenvalue weighted by atomic mass is 16.2. The number of likely N-dealkylation sites (N-methyl/N-ethyl adjacent to an activating group) is 1. The molecule has 3 heteroatoms. The van der Waals surface area contributed by atoms with Crippen LogP contribution in [0.5, 0.6) is 0 Å².